The van der Waals surface area contributed by atoms with E-state index in [0.29, 0.717) is 18.4 Å². The standard InChI is InChI=1S/C21H35N3O3/c1-15-9-6-7-10-16(12-11-15)17-22-18(27-23-17)21(5)13-8-14-24(21)19(25)26-20(2,3)4/h15-16H,6-14H2,1-5H3/t15?,16?,21-/m0/s1. The van der Waals surface area contributed by atoms with Crippen molar-refractivity contribution in [3.63, 3.8) is 0 Å². The zero-order valence-electron chi connectivity index (χ0n) is 17.6. The monoisotopic (exact) mass is 377 g/mol. The van der Waals surface area contributed by atoms with Crippen LogP contribution in [0.15, 0.2) is 4.52 Å². The van der Waals surface area contributed by atoms with Crippen LogP contribution < -0.4 is 0 Å². The summed E-state index contributed by atoms with van der Waals surface area (Å²) >= 11 is 0. The summed E-state index contributed by atoms with van der Waals surface area (Å²) in [5, 5.41) is 4.33. The third-order valence-corrected chi connectivity index (χ3v) is 6.03. The molecule has 1 saturated carbocycles. The second-order valence-corrected chi connectivity index (χ2v) is 9.63. The number of rotatable bonds is 2. The maximum absolute atomic E-state index is 12.7. The first kappa shape index (κ1) is 20.2. The number of likely N-dealkylation sites (tertiary alicyclic amines) is 1. The Hall–Kier alpha value is -1.59. The van der Waals surface area contributed by atoms with Crippen LogP contribution in [-0.4, -0.2) is 33.3 Å². The smallest absolute Gasteiger partial charge is 0.411 e. The average molecular weight is 378 g/mol. The van der Waals surface area contributed by atoms with Crippen LogP contribution >= 0.6 is 0 Å². The Bertz CT molecular complexity index is 651. The van der Waals surface area contributed by atoms with E-state index in [9.17, 15) is 4.79 Å². The van der Waals surface area contributed by atoms with Crippen LogP contribution in [0.2, 0.25) is 0 Å². The Morgan fingerprint density at radius 2 is 1.93 bits per heavy atom. The van der Waals surface area contributed by atoms with Crippen LogP contribution in [0.4, 0.5) is 4.79 Å². The average Bonchev–Trinajstić information content (AvgIpc) is 3.17. The van der Waals surface area contributed by atoms with Crippen molar-refractivity contribution in [2.24, 2.45) is 5.92 Å². The molecule has 1 amide bonds. The highest BCUT2D eigenvalue weighted by Crippen LogP contribution is 2.40. The number of aromatic nitrogens is 2. The highest BCUT2D eigenvalue weighted by atomic mass is 16.6. The molecule has 1 aliphatic carbocycles. The number of amides is 1. The van der Waals surface area contributed by atoms with Gasteiger partial charge in [-0.25, -0.2) is 4.79 Å². The molecule has 0 spiro atoms. The van der Waals surface area contributed by atoms with E-state index in [-0.39, 0.29) is 6.09 Å². The van der Waals surface area contributed by atoms with E-state index in [1.54, 1.807) is 4.90 Å². The number of carbonyl (C=O) groups excluding carboxylic acids is 1. The predicted octanol–water partition coefficient (Wildman–Crippen LogP) is 5.39. The van der Waals surface area contributed by atoms with Gasteiger partial charge in [0.15, 0.2) is 5.82 Å². The van der Waals surface area contributed by atoms with E-state index in [0.717, 1.165) is 37.4 Å². The van der Waals surface area contributed by atoms with Gasteiger partial charge < -0.3 is 9.26 Å². The fourth-order valence-electron chi connectivity index (χ4n) is 4.33. The molecule has 2 heterocycles. The molecule has 3 rings (SSSR count). The number of hydrogen-bond acceptors (Lipinski definition) is 5. The van der Waals surface area contributed by atoms with Crippen LogP contribution in [-0.2, 0) is 10.3 Å². The molecule has 0 radical (unpaired) electrons. The number of ether oxygens (including phenoxy) is 1. The summed E-state index contributed by atoms with van der Waals surface area (Å²) in [5.74, 6) is 2.51. The van der Waals surface area contributed by atoms with Gasteiger partial charge in [-0.05, 0) is 59.3 Å². The van der Waals surface area contributed by atoms with Crippen molar-refractivity contribution in [3.8, 4) is 0 Å². The van der Waals surface area contributed by atoms with Gasteiger partial charge in [-0.2, -0.15) is 4.98 Å². The van der Waals surface area contributed by atoms with Crippen molar-refractivity contribution in [1.82, 2.24) is 15.0 Å². The van der Waals surface area contributed by atoms with E-state index in [4.69, 9.17) is 14.2 Å². The minimum absolute atomic E-state index is 0.304. The maximum Gasteiger partial charge on any atom is 0.411 e. The molecule has 1 aliphatic heterocycles. The first-order valence-corrected chi connectivity index (χ1v) is 10.5. The second kappa shape index (κ2) is 7.80. The molecular formula is C21H35N3O3. The third-order valence-electron chi connectivity index (χ3n) is 6.03. The van der Waals surface area contributed by atoms with Gasteiger partial charge in [0.25, 0.3) is 5.89 Å². The summed E-state index contributed by atoms with van der Waals surface area (Å²) in [6.45, 7) is 10.7. The molecule has 1 aromatic heterocycles. The van der Waals surface area contributed by atoms with Crippen LogP contribution in [0.5, 0.6) is 0 Å². The normalized spacial score (nSPS) is 30.0. The molecule has 2 aliphatic rings. The Morgan fingerprint density at radius 1 is 1.19 bits per heavy atom. The Labute approximate surface area is 163 Å². The summed E-state index contributed by atoms with van der Waals surface area (Å²) in [6.07, 6.45) is 8.71. The van der Waals surface area contributed by atoms with Gasteiger partial charge in [0.05, 0.1) is 0 Å². The molecule has 6 nitrogen and oxygen atoms in total. The van der Waals surface area contributed by atoms with E-state index < -0.39 is 11.1 Å². The maximum atomic E-state index is 12.7. The lowest BCUT2D eigenvalue weighted by atomic mass is 9.86. The first-order chi connectivity index (χ1) is 12.7. The quantitative estimate of drug-likeness (QED) is 0.691. The molecule has 0 N–H and O–H groups in total. The topological polar surface area (TPSA) is 68.5 Å². The molecule has 0 aromatic carbocycles. The van der Waals surface area contributed by atoms with Crippen LogP contribution in [0, 0.1) is 5.92 Å². The largest absolute Gasteiger partial charge is 0.444 e. The van der Waals surface area contributed by atoms with Crippen molar-refractivity contribution in [2.45, 2.75) is 103 Å². The molecule has 2 unspecified atom stereocenters. The highest BCUT2D eigenvalue weighted by molar-refractivity contribution is 5.69. The minimum Gasteiger partial charge on any atom is -0.444 e. The van der Waals surface area contributed by atoms with Crippen molar-refractivity contribution < 1.29 is 14.1 Å². The van der Waals surface area contributed by atoms with Crippen LogP contribution in [0.25, 0.3) is 0 Å². The number of nitrogens with zero attached hydrogens (tertiary/aromatic N) is 3. The fourth-order valence-corrected chi connectivity index (χ4v) is 4.33. The van der Waals surface area contributed by atoms with Gasteiger partial charge in [0.2, 0.25) is 0 Å². The zero-order valence-corrected chi connectivity index (χ0v) is 17.6. The number of carbonyl (C=O) groups is 1. The zero-order chi connectivity index (χ0) is 19.7. The lowest BCUT2D eigenvalue weighted by Crippen LogP contribution is -2.45. The summed E-state index contributed by atoms with van der Waals surface area (Å²) in [6, 6.07) is 0. The van der Waals surface area contributed by atoms with Gasteiger partial charge in [0.1, 0.15) is 11.1 Å². The predicted molar refractivity (Wildman–Crippen MR) is 103 cm³/mol. The van der Waals surface area contributed by atoms with Gasteiger partial charge in [-0.1, -0.05) is 37.8 Å². The van der Waals surface area contributed by atoms with Crippen molar-refractivity contribution in [3.05, 3.63) is 11.7 Å². The van der Waals surface area contributed by atoms with E-state index in [2.05, 4.69) is 12.1 Å². The third kappa shape index (κ3) is 4.64. The Balaban J connectivity index is 1.76. The van der Waals surface area contributed by atoms with Crippen LogP contribution in [0.3, 0.4) is 0 Å². The summed E-state index contributed by atoms with van der Waals surface area (Å²) < 4.78 is 11.3. The summed E-state index contributed by atoms with van der Waals surface area (Å²) in [4.78, 5) is 19.2. The molecule has 1 saturated heterocycles. The molecule has 2 fully saturated rings. The summed E-state index contributed by atoms with van der Waals surface area (Å²) in [7, 11) is 0. The lowest BCUT2D eigenvalue weighted by molar-refractivity contribution is 0.00443. The Kier molecular flexibility index (Phi) is 5.82. The van der Waals surface area contributed by atoms with Gasteiger partial charge in [-0.3, -0.25) is 4.90 Å². The van der Waals surface area contributed by atoms with E-state index >= 15 is 0 Å². The molecular weight excluding hydrogens is 342 g/mol. The van der Waals surface area contributed by atoms with Gasteiger partial charge in [-0.15, -0.1) is 0 Å². The van der Waals surface area contributed by atoms with Gasteiger partial charge in [0, 0.05) is 12.5 Å². The second-order valence-electron chi connectivity index (χ2n) is 9.63. The van der Waals surface area contributed by atoms with Gasteiger partial charge >= 0.3 is 6.09 Å². The summed E-state index contributed by atoms with van der Waals surface area (Å²) in [5.41, 5.74) is -1.10. The van der Waals surface area contributed by atoms with Crippen LogP contribution in [0.1, 0.15) is 104 Å². The van der Waals surface area contributed by atoms with Crippen molar-refractivity contribution in [1.29, 1.82) is 0 Å². The van der Waals surface area contributed by atoms with E-state index in [1.807, 2.05) is 27.7 Å². The van der Waals surface area contributed by atoms with Crippen molar-refractivity contribution in [2.75, 3.05) is 6.54 Å². The molecule has 0 bridgehead atoms. The first-order valence-electron chi connectivity index (χ1n) is 10.5. The molecule has 3 atom stereocenters. The van der Waals surface area contributed by atoms with E-state index in [1.165, 1.54) is 25.7 Å². The highest BCUT2D eigenvalue weighted by Gasteiger charge is 2.47. The molecule has 152 valence electrons. The Morgan fingerprint density at radius 3 is 2.67 bits per heavy atom. The lowest BCUT2D eigenvalue weighted by Gasteiger charge is -2.33. The fraction of sp³-hybridized carbons (Fsp3) is 0.857. The SMILES string of the molecule is CC1CCCCC(c2noc([C@]3(C)CCCN3C(=O)OC(C)(C)C)n2)CC1. The number of hydrogen-bond donors (Lipinski definition) is 0. The molecule has 27 heavy (non-hydrogen) atoms. The molecule has 6 heteroatoms. The van der Waals surface area contributed by atoms with Crippen molar-refractivity contribution >= 4 is 6.09 Å². The minimum atomic E-state index is -0.581. The molecule has 1 aromatic rings.